The summed E-state index contributed by atoms with van der Waals surface area (Å²) in [5.74, 6) is -1.36. The van der Waals surface area contributed by atoms with Gasteiger partial charge in [-0.2, -0.15) is 21.6 Å². The molecule has 2 aromatic carbocycles. The molecule has 0 aliphatic rings. The monoisotopic (exact) mass is 455 g/mol. The van der Waals surface area contributed by atoms with Crippen molar-refractivity contribution in [3.05, 3.63) is 70.8 Å². The number of furan rings is 1. The van der Waals surface area contributed by atoms with Gasteiger partial charge in [0.05, 0.1) is 16.6 Å². The average Bonchev–Trinajstić information content (AvgIpc) is 3.31. The maximum Gasteiger partial charge on any atom is 0.517 e. The normalized spacial score (nSPS) is 12.4. The fraction of sp³-hybridized carbons (Fsp3) is 0.0556. The van der Waals surface area contributed by atoms with Crippen LogP contribution in [0.1, 0.15) is 0 Å². The SMILES string of the molecule is O=[N+]([O-])c1ccc2c(-c3nccn3S(=O)(=O)C(F)(F)F)c(-c3ccc(F)cc3)oc2c1. The molecule has 8 nitrogen and oxygen atoms in total. The third-order valence-electron chi connectivity index (χ3n) is 4.37. The van der Waals surface area contributed by atoms with Crippen molar-refractivity contribution in [2.45, 2.75) is 5.51 Å². The van der Waals surface area contributed by atoms with Gasteiger partial charge in [0, 0.05) is 29.4 Å². The molecule has 4 rings (SSSR count). The first-order valence-electron chi connectivity index (χ1n) is 8.33. The van der Waals surface area contributed by atoms with Crippen molar-refractivity contribution in [1.29, 1.82) is 0 Å². The average molecular weight is 455 g/mol. The summed E-state index contributed by atoms with van der Waals surface area (Å²) in [6.07, 6.45) is 1.48. The van der Waals surface area contributed by atoms with E-state index in [1.807, 2.05) is 0 Å². The zero-order valence-electron chi connectivity index (χ0n) is 15.0. The number of nitro benzene ring substituents is 1. The van der Waals surface area contributed by atoms with E-state index in [0.717, 1.165) is 30.5 Å². The van der Waals surface area contributed by atoms with Crippen molar-refractivity contribution in [2.75, 3.05) is 0 Å². The molecular formula is C18H9F4N3O5S. The summed E-state index contributed by atoms with van der Waals surface area (Å²) in [6, 6.07) is 7.98. The molecule has 0 saturated carbocycles. The second-order valence-corrected chi connectivity index (χ2v) is 8.05. The highest BCUT2D eigenvalue weighted by atomic mass is 32.2. The number of hydrogen-bond acceptors (Lipinski definition) is 6. The Hall–Kier alpha value is -3.74. The van der Waals surface area contributed by atoms with Crippen LogP contribution in [0.15, 0.2) is 59.3 Å². The van der Waals surface area contributed by atoms with E-state index in [2.05, 4.69) is 4.98 Å². The minimum atomic E-state index is -5.84. The zero-order chi connectivity index (χ0) is 22.6. The van der Waals surface area contributed by atoms with Crippen LogP contribution in [0.5, 0.6) is 0 Å². The van der Waals surface area contributed by atoms with Crippen LogP contribution in [-0.4, -0.2) is 27.8 Å². The van der Waals surface area contributed by atoms with Crippen LogP contribution in [0.4, 0.5) is 23.2 Å². The molecule has 0 bridgehead atoms. The van der Waals surface area contributed by atoms with Crippen LogP contribution in [0.2, 0.25) is 0 Å². The summed E-state index contributed by atoms with van der Waals surface area (Å²) >= 11 is 0. The van der Waals surface area contributed by atoms with Gasteiger partial charge in [0.15, 0.2) is 5.82 Å². The van der Waals surface area contributed by atoms with Gasteiger partial charge in [-0.25, -0.2) is 13.3 Å². The number of nitrogens with zero attached hydrogens (tertiary/aromatic N) is 3. The molecule has 0 aliphatic heterocycles. The van der Waals surface area contributed by atoms with Crippen molar-refractivity contribution in [1.82, 2.24) is 8.96 Å². The van der Waals surface area contributed by atoms with Gasteiger partial charge in [0.2, 0.25) is 0 Å². The zero-order valence-corrected chi connectivity index (χ0v) is 15.8. The fourth-order valence-electron chi connectivity index (χ4n) is 3.00. The van der Waals surface area contributed by atoms with Crippen LogP contribution in [0.25, 0.3) is 33.7 Å². The number of imidazole rings is 1. The van der Waals surface area contributed by atoms with E-state index in [0.29, 0.717) is 6.20 Å². The summed E-state index contributed by atoms with van der Waals surface area (Å²) in [7, 11) is -5.84. The molecule has 160 valence electrons. The number of halogens is 4. The third-order valence-corrected chi connectivity index (χ3v) is 5.77. The highest BCUT2D eigenvalue weighted by Crippen LogP contribution is 2.42. The first-order valence-corrected chi connectivity index (χ1v) is 9.77. The van der Waals surface area contributed by atoms with Crippen LogP contribution in [0, 0.1) is 15.9 Å². The van der Waals surface area contributed by atoms with Gasteiger partial charge in [-0.3, -0.25) is 10.1 Å². The topological polar surface area (TPSA) is 108 Å². The Morgan fingerprint density at radius 3 is 2.39 bits per heavy atom. The molecule has 0 spiro atoms. The standard InChI is InChI=1S/C18H9F4N3O5S/c19-11-3-1-10(2-4-11)16-15(13-6-5-12(25(26)27)9-14(13)30-16)17-23-7-8-24(17)31(28,29)18(20,21)22/h1-9H. The van der Waals surface area contributed by atoms with Crippen LogP contribution in [-0.2, 0) is 10.0 Å². The first-order chi connectivity index (χ1) is 14.5. The smallest absolute Gasteiger partial charge is 0.455 e. The van der Waals surface area contributed by atoms with Gasteiger partial charge in [-0.15, -0.1) is 0 Å². The maximum absolute atomic E-state index is 13.3. The lowest BCUT2D eigenvalue weighted by atomic mass is 10.0. The first kappa shape index (κ1) is 20.5. The van der Waals surface area contributed by atoms with E-state index in [-0.39, 0.29) is 37.5 Å². The molecule has 0 radical (unpaired) electrons. The highest BCUT2D eigenvalue weighted by Gasteiger charge is 2.48. The third kappa shape index (κ3) is 3.32. The number of hydrogen-bond donors (Lipinski definition) is 0. The van der Waals surface area contributed by atoms with E-state index in [1.54, 1.807) is 0 Å². The molecule has 0 N–H and O–H groups in total. The molecule has 2 aromatic heterocycles. The molecule has 31 heavy (non-hydrogen) atoms. The molecule has 0 unspecified atom stereocenters. The molecular weight excluding hydrogens is 446 g/mol. The minimum absolute atomic E-state index is 0.0499. The van der Waals surface area contributed by atoms with Crippen LogP contribution >= 0.6 is 0 Å². The maximum atomic E-state index is 13.3. The summed E-state index contributed by atoms with van der Waals surface area (Å²) in [5, 5.41) is 11.1. The van der Waals surface area contributed by atoms with Crippen LogP contribution < -0.4 is 0 Å². The molecule has 0 saturated heterocycles. The van der Waals surface area contributed by atoms with Crippen molar-refractivity contribution >= 4 is 26.7 Å². The molecule has 0 atom stereocenters. The second kappa shape index (κ2) is 6.91. The van der Waals surface area contributed by atoms with E-state index in [1.165, 1.54) is 18.2 Å². The predicted octanol–water partition coefficient (Wildman–Crippen LogP) is 4.71. The lowest BCUT2D eigenvalue weighted by Gasteiger charge is -2.12. The summed E-state index contributed by atoms with van der Waals surface area (Å²) in [5.41, 5.74) is -6.03. The number of rotatable bonds is 4. The number of fused-ring (bicyclic) bond motifs is 1. The lowest BCUT2D eigenvalue weighted by Crippen LogP contribution is -2.29. The summed E-state index contributed by atoms with van der Waals surface area (Å²) in [4.78, 5) is 14.1. The number of nitro groups is 1. The van der Waals surface area contributed by atoms with Crippen molar-refractivity contribution in [2.24, 2.45) is 0 Å². The largest absolute Gasteiger partial charge is 0.517 e. The molecule has 4 aromatic rings. The number of alkyl halides is 3. The van der Waals surface area contributed by atoms with E-state index in [4.69, 9.17) is 4.42 Å². The predicted molar refractivity (Wildman–Crippen MR) is 99.9 cm³/mol. The molecule has 0 amide bonds. The van der Waals surface area contributed by atoms with Gasteiger partial charge in [-0.05, 0) is 30.3 Å². The number of benzene rings is 2. The summed E-state index contributed by atoms with van der Waals surface area (Å²) in [6.45, 7) is 0. The molecule has 0 fully saturated rings. The van der Waals surface area contributed by atoms with Gasteiger partial charge >= 0.3 is 15.5 Å². The Morgan fingerprint density at radius 1 is 1.10 bits per heavy atom. The Balaban J connectivity index is 2.07. The van der Waals surface area contributed by atoms with Crippen LogP contribution in [0.3, 0.4) is 0 Å². The van der Waals surface area contributed by atoms with E-state index in [9.17, 15) is 36.1 Å². The Bertz CT molecular complexity index is 1420. The van der Waals surface area contributed by atoms with Gasteiger partial charge in [0.1, 0.15) is 17.2 Å². The van der Waals surface area contributed by atoms with E-state index >= 15 is 0 Å². The number of aromatic nitrogens is 2. The Labute approximate surface area is 170 Å². The Morgan fingerprint density at radius 2 is 1.77 bits per heavy atom. The van der Waals surface area contributed by atoms with E-state index < -0.39 is 32.1 Å². The van der Waals surface area contributed by atoms with Gasteiger partial charge in [-0.1, -0.05) is 0 Å². The van der Waals surface area contributed by atoms with Gasteiger partial charge < -0.3 is 4.42 Å². The molecule has 0 aliphatic carbocycles. The van der Waals surface area contributed by atoms with Crippen molar-refractivity contribution in [3.63, 3.8) is 0 Å². The second-order valence-electron chi connectivity index (χ2n) is 6.25. The van der Waals surface area contributed by atoms with Gasteiger partial charge in [0.25, 0.3) is 5.69 Å². The summed E-state index contributed by atoms with van der Waals surface area (Å²) < 4.78 is 82.5. The number of non-ortho nitro benzene ring substituents is 1. The lowest BCUT2D eigenvalue weighted by molar-refractivity contribution is -0.384. The molecule has 2 heterocycles. The highest BCUT2D eigenvalue weighted by molar-refractivity contribution is 7.90. The Kier molecular flexibility index (Phi) is 4.57. The minimum Gasteiger partial charge on any atom is -0.455 e. The quantitative estimate of drug-likeness (QED) is 0.251. The van der Waals surface area contributed by atoms with Crippen molar-refractivity contribution < 1.29 is 35.3 Å². The molecule has 13 heteroatoms. The fourth-order valence-corrected chi connectivity index (χ4v) is 3.80. The van der Waals surface area contributed by atoms with Crippen molar-refractivity contribution in [3.8, 4) is 22.7 Å².